The molecule has 2 aromatic carbocycles. The van der Waals surface area contributed by atoms with Crippen LogP contribution in [0.2, 0.25) is 0 Å². The summed E-state index contributed by atoms with van der Waals surface area (Å²) in [7, 11) is 1.45. The molecule has 2 aromatic rings. The van der Waals surface area contributed by atoms with Crippen molar-refractivity contribution < 1.29 is 19.4 Å². The van der Waals surface area contributed by atoms with Crippen molar-refractivity contribution >= 4 is 51.9 Å². The van der Waals surface area contributed by atoms with Crippen LogP contribution >= 0.6 is 24.0 Å². The van der Waals surface area contributed by atoms with Gasteiger partial charge in [-0.2, -0.15) is 0 Å². The molecule has 0 radical (unpaired) electrons. The van der Waals surface area contributed by atoms with Crippen molar-refractivity contribution in [2.75, 3.05) is 19.0 Å². The van der Waals surface area contributed by atoms with E-state index in [1.807, 2.05) is 25.1 Å². The second-order valence-corrected chi connectivity index (χ2v) is 7.79. The van der Waals surface area contributed by atoms with Crippen molar-refractivity contribution in [3.8, 4) is 11.5 Å². The summed E-state index contributed by atoms with van der Waals surface area (Å²) in [6.45, 7) is 1.77. The van der Waals surface area contributed by atoms with E-state index < -0.39 is 0 Å². The van der Waals surface area contributed by atoms with Crippen molar-refractivity contribution in [2.24, 2.45) is 0 Å². The van der Waals surface area contributed by atoms with Gasteiger partial charge < -0.3 is 15.2 Å². The predicted molar refractivity (Wildman–Crippen MR) is 114 cm³/mol. The third-order valence-electron chi connectivity index (χ3n) is 3.98. The van der Waals surface area contributed by atoms with Crippen LogP contribution in [0.1, 0.15) is 11.1 Å². The fourth-order valence-electron chi connectivity index (χ4n) is 2.64. The number of hydrogen-bond donors (Lipinski definition) is 2. The first kappa shape index (κ1) is 19.9. The second kappa shape index (κ2) is 8.45. The summed E-state index contributed by atoms with van der Waals surface area (Å²) < 4.78 is 5.40. The third kappa shape index (κ3) is 4.52. The molecule has 2 N–H and O–H groups in total. The molecular weight excluding hydrogens is 396 g/mol. The number of anilines is 1. The number of hydrogen-bond acceptors (Lipinski definition) is 6. The van der Waals surface area contributed by atoms with Crippen molar-refractivity contribution in [1.82, 2.24) is 4.90 Å². The number of nitrogens with one attached hydrogen (secondary N) is 1. The molecule has 0 bridgehead atoms. The van der Waals surface area contributed by atoms with E-state index in [-0.39, 0.29) is 24.1 Å². The highest BCUT2D eigenvalue weighted by Crippen LogP contribution is 2.34. The highest BCUT2D eigenvalue weighted by atomic mass is 32.2. The summed E-state index contributed by atoms with van der Waals surface area (Å²) in [5.41, 5.74) is 2.37. The Morgan fingerprint density at radius 2 is 2.11 bits per heavy atom. The summed E-state index contributed by atoms with van der Waals surface area (Å²) in [5, 5.41) is 12.4. The van der Waals surface area contributed by atoms with Crippen LogP contribution in [-0.4, -0.2) is 39.8 Å². The van der Waals surface area contributed by atoms with E-state index in [1.165, 1.54) is 18.1 Å². The van der Waals surface area contributed by atoms with Gasteiger partial charge in [0.15, 0.2) is 11.5 Å². The van der Waals surface area contributed by atoms with E-state index in [0.29, 0.717) is 26.2 Å². The molecule has 6 nitrogen and oxygen atoms in total. The molecule has 1 fully saturated rings. The maximum absolute atomic E-state index is 12.7. The standard InChI is InChI=1S/C20H18N2O4S2/c1-12-4-3-5-14(8-12)21-18(24)11-22-19(25)17(28-20(22)27)10-13-6-7-15(23)16(9-13)26-2/h3-10,23H,11H2,1-2H3,(H,21,24)/b17-10-. The average Bonchev–Trinajstić information content (AvgIpc) is 2.90. The highest BCUT2D eigenvalue weighted by Gasteiger charge is 2.33. The first-order valence-corrected chi connectivity index (χ1v) is 9.59. The minimum Gasteiger partial charge on any atom is -0.504 e. The fourth-order valence-corrected chi connectivity index (χ4v) is 3.89. The third-order valence-corrected chi connectivity index (χ3v) is 5.36. The number of thioether (sulfide) groups is 1. The number of aryl methyl sites for hydroxylation is 1. The SMILES string of the molecule is COc1cc(/C=C2\SC(=S)N(CC(=O)Nc3cccc(C)c3)C2=O)ccc1O. The maximum Gasteiger partial charge on any atom is 0.266 e. The summed E-state index contributed by atoms with van der Waals surface area (Å²) in [5.74, 6) is -0.335. The van der Waals surface area contributed by atoms with Crippen LogP contribution in [0.4, 0.5) is 5.69 Å². The number of aromatic hydroxyl groups is 1. The zero-order chi connectivity index (χ0) is 20.3. The molecule has 0 spiro atoms. The van der Waals surface area contributed by atoms with Crippen LogP contribution in [-0.2, 0) is 9.59 Å². The number of amides is 2. The summed E-state index contributed by atoms with van der Waals surface area (Å²) in [4.78, 5) is 26.7. The largest absolute Gasteiger partial charge is 0.504 e. The van der Waals surface area contributed by atoms with Crippen LogP contribution in [0.25, 0.3) is 6.08 Å². The molecule has 0 aliphatic carbocycles. The van der Waals surface area contributed by atoms with E-state index >= 15 is 0 Å². The number of thiocarbonyl (C=S) groups is 1. The van der Waals surface area contributed by atoms with Crippen LogP contribution in [0.5, 0.6) is 11.5 Å². The molecule has 28 heavy (non-hydrogen) atoms. The van der Waals surface area contributed by atoms with Gasteiger partial charge >= 0.3 is 0 Å². The number of carbonyl (C=O) groups excluding carboxylic acids is 2. The maximum atomic E-state index is 12.7. The predicted octanol–water partition coefficient (Wildman–Crippen LogP) is 3.55. The lowest BCUT2D eigenvalue weighted by atomic mass is 10.2. The summed E-state index contributed by atoms with van der Waals surface area (Å²) >= 11 is 6.40. The van der Waals surface area contributed by atoms with Gasteiger partial charge in [-0.1, -0.05) is 42.2 Å². The number of nitrogens with zero attached hydrogens (tertiary/aromatic N) is 1. The number of benzene rings is 2. The monoisotopic (exact) mass is 414 g/mol. The van der Waals surface area contributed by atoms with Gasteiger partial charge in [0.2, 0.25) is 5.91 Å². The molecule has 0 aromatic heterocycles. The van der Waals surface area contributed by atoms with Crippen molar-refractivity contribution in [2.45, 2.75) is 6.92 Å². The first-order valence-electron chi connectivity index (χ1n) is 8.36. The lowest BCUT2D eigenvalue weighted by Crippen LogP contribution is -2.36. The first-order chi connectivity index (χ1) is 13.4. The molecule has 144 valence electrons. The Balaban J connectivity index is 1.72. The van der Waals surface area contributed by atoms with Gasteiger partial charge in [0.1, 0.15) is 10.9 Å². The molecule has 0 unspecified atom stereocenters. The van der Waals surface area contributed by atoms with Crippen LogP contribution in [0.3, 0.4) is 0 Å². The molecule has 1 aliphatic rings. The Morgan fingerprint density at radius 1 is 1.32 bits per heavy atom. The molecular formula is C20H18N2O4S2. The average molecular weight is 415 g/mol. The number of methoxy groups -OCH3 is 1. The van der Waals surface area contributed by atoms with Gasteiger partial charge in [-0.05, 0) is 48.4 Å². The Kier molecular flexibility index (Phi) is 6.01. The number of phenols is 1. The molecule has 3 rings (SSSR count). The Morgan fingerprint density at radius 3 is 2.82 bits per heavy atom. The van der Waals surface area contributed by atoms with E-state index in [0.717, 1.165) is 17.3 Å². The topological polar surface area (TPSA) is 78.9 Å². The number of carbonyl (C=O) groups is 2. The normalized spacial score (nSPS) is 15.2. The van der Waals surface area contributed by atoms with Gasteiger partial charge in [0, 0.05) is 5.69 Å². The quantitative estimate of drug-likeness (QED) is 0.575. The van der Waals surface area contributed by atoms with E-state index in [4.69, 9.17) is 17.0 Å². The molecule has 8 heteroatoms. The van der Waals surface area contributed by atoms with Gasteiger partial charge in [0.05, 0.1) is 12.0 Å². The lowest BCUT2D eigenvalue weighted by Gasteiger charge is -2.14. The fraction of sp³-hybridized carbons (Fsp3) is 0.150. The number of ether oxygens (including phenoxy) is 1. The molecule has 2 amide bonds. The minimum absolute atomic E-state index is 0.0139. The molecule has 0 saturated carbocycles. The Bertz CT molecular complexity index is 988. The van der Waals surface area contributed by atoms with E-state index in [2.05, 4.69) is 5.32 Å². The molecule has 1 saturated heterocycles. The van der Waals surface area contributed by atoms with Crippen molar-refractivity contribution in [1.29, 1.82) is 0 Å². The van der Waals surface area contributed by atoms with Gasteiger partial charge in [-0.15, -0.1) is 0 Å². The van der Waals surface area contributed by atoms with Crippen molar-refractivity contribution in [3.63, 3.8) is 0 Å². The van der Waals surface area contributed by atoms with Crippen molar-refractivity contribution in [3.05, 3.63) is 58.5 Å². The van der Waals surface area contributed by atoms with Crippen LogP contribution in [0.15, 0.2) is 47.4 Å². The van der Waals surface area contributed by atoms with Gasteiger partial charge in [-0.3, -0.25) is 14.5 Å². The zero-order valence-electron chi connectivity index (χ0n) is 15.3. The van der Waals surface area contributed by atoms with E-state index in [1.54, 1.807) is 24.3 Å². The highest BCUT2D eigenvalue weighted by molar-refractivity contribution is 8.26. The van der Waals surface area contributed by atoms with E-state index in [9.17, 15) is 14.7 Å². The number of phenolic OH excluding ortho intramolecular Hbond substituents is 1. The second-order valence-electron chi connectivity index (χ2n) is 6.12. The Hall–Kier alpha value is -2.84. The number of rotatable bonds is 5. The smallest absolute Gasteiger partial charge is 0.266 e. The molecule has 0 atom stereocenters. The van der Waals surface area contributed by atoms with Crippen LogP contribution in [0, 0.1) is 6.92 Å². The van der Waals surface area contributed by atoms with Crippen LogP contribution < -0.4 is 10.1 Å². The minimum atomic E-state index is -0.332. The molecule has 1 heterocycles. The Labute approximate surface area is 172 Å². The lowest BCUT2D eigenvalue weighted by molar-refractivity contribution is -0.126. The summed E-state index contributed by atoms with van der Waals surface area (Å²) in [6.07, 6.45) is 1.65. The molecule has 1 aliphatic heterocycles. The zero-order valence-corrected chi connectivity index (χ0v) is 16.9. The van der Waals surface area contributed by atoms with Gasteiger partial charge in [-0.25, -0.2) is 0 Å². The van der Waals surface area contributed by atoms with Gasteiger partial charge in [0.25, 0.3) is 5.91 Å². The summed E-state index contributed by atoms with van der Waals surface area (Å²) in [6, 6.07) is 12.2.